The number of ether oxygens (including phenoxy) is 1. The van der Waals surface area contributed by atoms with Gasteiger partial charge in [-0.15, -0.1) is 0 Å². The minimum atomic E-state index is -0.870. The lowest BCUT2D eigenvalue weighted by Gasteiger charge is -2.28. The van der Waals surface area contributed by atoms with E-state index >= 15 is 0 Å². The summed E-state index contributed by atoms with van der Waals surface area (Å²) in [5.41, 5.74) is 0.912. The summed E-state index contributed by atoms with van der Waals surface area (Å²) < 4.78 is 4.91. The molecule has 5 heteroatoms. The zero-order valence-electron chi connectivity index (χ0n) is 16.5. The minimum absolute atomic E-state index is 0.268. The molecule has 1 aliphatic heterocycles. The molecule has 3 rings (SSSR count). The third kappa shape index (κ3) is 4.43. The molecular formula is C23H26O3P2. The van der Waals surface area contributed by atoms with Crippen LogP contribution in [-0.2, 0) is 14.3 Å². The van der Waals surface area contributed by atoms with Gasteiger partial charge in [0.05, 0.1) is 5.31 Å². The van der Waals surface area contributed by atoms with E-state index in [9.17, 15) is 9.59 Å². The van der Waals surface area contributed by atoms with Crippen molar-refractivity contribution in [3.8, 4) is 0 Å². The first-order valence-electron chi connectivity index (χ1n) is 9.58. The molecule has 1 aliphatic rings. The fraction of sp³-hybridized carbons (Fsp3) is 0.304. The Morgan fingerprint density at radius 2 is 1.43 bits per heavy atom. The van der Waals surface area contributed by atoms with Gasteiger partial charge in [-0.3, -0.25) is 4.79 Å². The van der Waals surface area contributed by atoms with E-state index in [1.807, 2.05) is 36.4 Å². The molecule has 0 bridgehead atoms. The van der Waals surface area contributed by atoms with Gasteiger partial charge in [-0.2, -0.15) is 0 Å². The zero-order chi connectivity index (χ0) is 20.1. The summed E-state index contributed by atoms with van der Waals surface area (Å²) in [4.78, 5) is 23.9. The van der Waals surface area contributed by atoms with E-state index in [1.165, 1.54) is 10.6 Å². The Bertz CT molecular complexity index is 799. The van der Waals surface area contributed by atoms with Crippen LogP contribution in [0.4, 0.5) is 0 Å². The molecule has 2 aromatic carbocycles. The molecule has 28 heavy (non-hydrogen) atoms. The molecule has 1 fully saturated rings. The van der Waals surface area contributed by atoms with Crippen LogP contribution in [0.25, 0.3) is 0 Å². The second-order valence-corrected chi connectivity index (χ2v) is 12.5. The number of hydrogen-bond donors (Lipinski definition) is 0. The zero-order valence-corrected chi connectivity index (χ0v) is 18.3. The van der Waals surface area contributed by atoms with Gasteiger partial charge < -0.3 is 4.74 Å². The first-order valence-corrected chi connectivity index (χ1v) is 12.4. The monoisotopic (exact) mass is 412 g/mol. The number of carbonyl (C=O) groups excluding carboxylic acids is 2. The lowest BCUT2D eigenvalue weighted by Crippen LogP contribution is -2.17. The number of benzene rings is 2. The van der Waals surface area contributed by atoms with Gasteiger partial charge in [0.2, 0.25) is 0 Å². The van der Waals surface area contributed by atoms with Crippen LogP contribution < -0.4 is 10.6 Å². The molecule has 1 heterocycles. The van der Waals surface area contributed by atoms with Crippen molar-refractivity contribution in [2.45, 2.75) is 44.9 Å². The summed E-state index contributed by atoms with van der Waals surface area (Å²) in [5.74, 6) is -0.460. The standard InChI is InChI=1S/C23H26O3P2/c1-17-14-15-18(2)27(17)22(23(25)26-16-24)19(3)28(20-10-6-4-7-11-20)21-12-8-5-9-13-21/h4-13,16-18H,14-15H2,1-3H3/b22-19-/t17-,18?,27?/m1/s1. The van der Waals surface area contributed by atoms with E-state index in [0.29, 0.717) is 11.3 Å². The molecule has 0 saturated carbocycles. The van der Waals surface area contributed by atoms with Crippen LogP contribution in [0.3, 0.4) is 0 Å². The van der Waals surface area contributed by atoms with Crippen LogP contribution in [0.1, 0.15) is 33.6 Å². The van der Waals surface area contributed by atoms with Crippen molar-refractivity contribution in [2.75, 3.05) is 0 Å². The highest BCUT2D eigenvalue weighted by Gasteiger charge is 2.38. The smallest absolute Gasteiger partial charge is 0.346 e. The fourth-order valence-electron chi connectivity index (χ4n) is 3.97. The molecule has 0 N–H and O–H groups in total. The minimum Gasteiger partial charge on any atom is -0.392 e. The van der Waals surface area contributed by atoms with Crippen LogP contribution in [0.2, 0.25) is 0 Å². The van der Waals surface area contributed by atoms with E-state index in [2.05, 4.69) is 45.0 Å². The second kappa shape index (κ2) is 9.59. The summed E-state index contributed by atoms with van der Waals surface area (Å²) in [6.07, 6.45) is 2.24. The van der Waals surface area contributed by atoms with Crippen molar-refractivity contribution >= 4 is 38.9 Å². The average Bonchev–Trinajstić information content (AvgIpc) is 3.03. The van der Waals surface area contributed by atoms with Crippen LogP contribution in [-0.4, -0.2) is 23.8 Å². The topological polar surface area (TPSA) is 43.4 Å². The van der Waals surface area contributed by atoms with E-state index in [4.69, 9.17) is 4.74 Å². The molecule has 2 aromatic rings. The molecule has 1 saturated heterocycles. The van der Waals surface area contributed by atoms with Gasteiger partial charge in [-0.1, -0.05) is 82.4 Å². The second-order valence-electron chi connectivity index (χ2n) is 7.12. The van der Waals surface area contributed by atoms with Crippen LogP contribution in [0, 0.1) is 0 Å². The quantitative estimate of drug-likeness (QED) is 0.218. The summed E-state index contributed by atoms with van der Waals surface area (Å²) in [6.45, 7) is 6.78. The van der Waals surface area contributed by atoms with Crippen molar-refractivity contribution in [2.24, 2.45) is 0 Å². The Morgan fingerprint density at radius 1 is 0.964 bits per heavy atom. The molecule has 0 amide bonds. The third-order valence-electron chi connectivity index (χ3n) is 5.27. The van der Waals surface area contributed by atoms with E-state index in [1.54, 1.807) is 0 Å². The lowest BCUT2D eigenvalue weighted by atomic mass is 10.2. The van der Waals surface area contributed by atoms with Crippen molar-refractivity contribution in [1.29, 1.82) is 0 Å². The SMILES string of the molecule is C/C(=C(\C(=O)OC=O)P1C(C)CC[C@H]1C)P(c1ccccc1)c1ccccc1. The van der Waals surface area contributed by atoms with Gasteiger partial charge in [0, 0.05) is 0 Å². The Morgan fingerprint density at radius 3 is 1.86 bits per heavy atom. The molecule has 3 atom stereocenters. The van der Waals surface area contributed by atoms with Gasteiger partial charge in [-0.05, 0) is 54.9 Å². The normalized spacial score (nSPS) is 22.6. The van der Waals surface area contributed by atoms with Gasteiger partial charge in [-0.25, -0.2) is 4.79 Å². The molecule has 0 aromatic heterocycles. The van der Waals surface area contributed by atoms with E-state index < -0.39 is 21.8 Å². The fourth-order valence-corrected chi connectivity index (χ4v) is 10.2. The highest BCUT2D eigenvalue weighted by molar-refractivity contribution is 7.78. The van der Waals surface area contributed by atoms with Crippen LogP contribution in [0.5, 0.6) is 0 Å². The number of carbonyl (C=O) groups is 2. The average molecular weight is 412 g/mol. The Labute approximate surface area is 169 Å². The van der Waals surface area contributed by atoms with Gasteiger partial charge in [0.25, 0.3) is 0 Å². The largest absolute Gasteiger partial charge is 0.392 e. The maximum absolute atomic E-state index is 12.9. The first kappa shape index (κ1) is 20.9. The highest BCUT2D eigenvalue weighted by Crippen LogP contribution is 2.64. The summed E-state index contributed by atoms with van der Waals surface area (Å²) >= 11 is 0. The number of esters is 1. The summed E-state index contributed by atoms with van der Waals surface area (Å²) in [6, 6.07) is 20.7. The maximum atomic E-state index is 12.9. The van der Waals surface area contributed by atoms with Crippen molar-refractivity contribution in [3.05, 3.63) is 71.3 Å². The molecule has 2 unspecified atom stereocenters. The van der Waals surface area contributed by atoms with E-state index in [0.717, 1.165) is 23.5 Å². The van der Waals surface area contributed by atoms with Crippen molar-refractivity contribution in [3.63, 3.8) is 0 Å². The summed E-state index contributed by atoms with van der Waals surface area (Å²) in [7, 11) is -1.54. The Balaban J connectivity index is 2.20. The molecule has 3 nitrogen and oxygen atoms in total. The number of allylic oxidation sites excluding steroid dienone is 1. The maximum Gasteiger partial charge on any atom is 0.346 e. The molecular weight excluding hydrogens is 386 g/mol. The van der Waals surface area contributed by atoms with Gasteiger partial charge >= 0.3 is 12.4 Å². The lowest BCUT2D eigenvalue weighted by molar-refractivity contribution is -0.147. The summed E-state index contributed by atoms with van der Waals surface area (Å²) in [5, 5.41) is 4.23. The molecule has 146 valence electrons. The van der Waals surface area contributed by atoms with Gasteiger partial charge in [0.1, 0.15) is 0 Å². The number of hydrogen-bond acceptors (Lipinski definition) is 3. The van der Waals surface area contributed by atoms with Crippen molar-refractivity contribution < 1.29 is 14.3 Å². The predicted octanol–water partition coefficient (Wildman–Crippen LogP) is 5.10. The highest BCUT2D eigenvalue weighted by atomic mass is 31.1. The first-order chi connectivity index (χ1) is 13.5. The van der Waals surface area contributed by atoms with Crippen LogP contribution >= 0.6 is 15.8 Å². The molecule has 0 radical (unpaired) electrons. The van der Waals surface area contributed by atoms with Crippen LogP contribution in [0.15, 0.2) is 71.3 Å². The Kier molecular flexibility index (Phi) is 7.16. The van der Waals surface area contributed by atoms with Crippen molar-refractivity contribution in [1.82, 2.24) is 0 Å². The predicted molar refractivity (Wildman–Crippen MR) is 119 cm³/mol. The molecule has 0 spiro atoms. The van der Waals surface area contributed by atoms with Gasteiger partial charge in [0.15, 0.2) is 0 Å². The van der Waals surface area contributed by atoms with E-state index in [-0.39, 0.29) is 6.47 Å². The third-order valence-corrected chi connectivity index (χ3v) is 11.4. The number of rotatable bonds is 6. The Hall–Kier alpha value is -1.82. The molecule has 0 aliphatic carbocycles.